The van der Waals surface area contributed by atoms with E-state index in [9.17, 15) is 14.7 Å². The van der Waals surface area contributed by atoms with Crippen LogP contribution in [0.1, 0.15) is 75.5 Å². The minimum Gasteiger partial charge on any atom is -0.480 e. The van der Waals surface area contributed by atoms with Crippen LogP contribution < -0.4 is 10.6 Å². The summed E-state index contributed by atoms with van der Waals surface area (Å²) in [6.07, 6.45) is 11.7. The van der Waals surface area contributed by atoms with Gasteiger partial charge >= 0.3 is 5.97 Å². The maximum Gasteiger partial charge on any atom is 0.326 e. The van der Waals surface area contributed by atoms with Gasteiger partial charge in [0.2, 0.25) is 5.91 Å². The number of pyridine rings is 1. The molecule has 7 heteroatoms. The second-order valence-electron chi connectivity index (χ2n) is 9.26. The summed E-state index contributed by atoms with van der Waals surface area (Å²) in [7, 11) is 0. The number of hydrogen-bond donors (Lipinski definition) is 3. The molecule has 3 aliphatic rings. The number of carboxylic acids is 1. The van der Waals surface area contributed by atoms with Gasteiger partial charge in [-0.15, -0.1) is 0 Å². The number of carbonyl (C=O) groups excluding carboxylic acids is 1. The number of rotatable bonds is 11. The number of unbranched alkanes of at least 4 members (excludes halogenated alkanes) is 4. The van der Waals surface area contributed by atoms with E-state index in [0.29, 0.717) is 6.42 Å². The Kier molecular flexibility index (Phi) is 7.43. The third kappa shape index (κ3) is 5.76. The number of aryl methyl sites for hydroxylation is 2. The van der Waals surface area contributed by atoms with E-state index in [1.54, 1.807) is 0 Å². The molecule has 3 N–H and O–H groups in total. The Bertz CT molecular complexity index is 784. The molecule has 4 unspecified atom stereocenters. The van der Waals surface area contributed by atoms with Gasteiger partial charge in [-0.1, -0.05) is 31.7 Å². The number of carboxylic acid groups (broad SMARTS) is 1. The number of amides is 1. The Balaban J connectivity index is 1.10. The molecule has 2 bridgehead atoms. The molecule has 7 nitrogen and oxygen atoms in total. The Morgan fingerprint density at radius 1 is 1.19 bits per heavy atom. The summed E-state index contributed by atoms with van der Waals surface area (Å²) in [5, 5.41) is 15.6. The van der Waals surface area contributed by atoms with Crippen LogP contribution in [0.3, 0.4) is 0 Å². The summed E-state index contributed by atoms with van der Waals surface area (Å²) in [5.74, 6) is -0.202. The fourth-order valence-electron chi connectivity index (χ4n) is 5.14. The Morgan fingerprint density at radius 2 is 2.03 bits per heavy atom. The quantitative estimate of drug-likeness (QED) is 0.466. The van der Waals surface area contributed by atoms with Gasteiger partial charge in [0, 0.05) is 12.2 Å². The van der Waals surface area contributed by atoms with E-state index in [2.05, 4.69) is 22.8 Å². The molecule has 0 aromatic carbocycles. The molecule has 4 rings (SSSR count). The molecule has 0 aliphatic carbocycles. The van der Waals surface area contributed by atoms with Crippen molar-refractivity contribution in [1.29, 1.82) is 0 Å². The molecular formula is C24H35N3O4. The Hall–Kier alpha value is -2.15. The third-order valence-corrected chi connectivity index (χ3v) is 6.93. The van der Waals surface area contributed by atoms with E-state index in [0.717, 1.165) is 82.3 Å². The van der Waals surface area contributed by atoms with Crippen molar-refractivity contribution in [1.82, 2.24) is 10.3 Å². The molecule has 1 aromatic rings. The summed E-state index contributed by atoms with van der Waals surface area (Å²) < 4.78 is 5.73. The number of carbonyl (C=O) groups is 2. The lowest BCUT2D eigenvalue weighted by Gasteiger charge is -2.21. The van der Waals surface area contributed by atoms with Crippen LogP contribution in [0.4, 0.5) is 5.82 Å². The number of aliphatic carboxylic acids is 1. The van der Waals surface area contributed by atoms with E-state index in [4.69, 9.17) is 9.72 Å². The number of ether oxygens (including phenoxy) is 1. The standard InChI is InChI=1S/C24H35N3O4/c28-23(19-15-18-12-13-21(19)31-18)27-20(24(29)30)9-5-3-1-2-4-8-17-11-10-16-7-6-14-25-22(16)26-17/h10-11,18-21H,1-9,12-15H2,(H,25,26)(H,27,28)(H,29,30). The topological polar surface area (TPSA) is 101 Å². The van der Waals surface area contributed by atoms with E-state index in [1.165, 1.54) is 12.0 Å². The highest BCUT2D eigenvalue weighted by molar-refractivity contribution is 5.85. The third-order valence-electron chi connectivity index (χ3n) is 6.93. The first kappa shape index (κ1) is 22.1. The molecule has 4 atom stereocenters. The van der Waals surface area contributed by atoms with Crippen molar-refractivity contribution < 1.29 is 19.4 Å². The Labute approximate surface area is 184 Å². The van der Waals surface area contributed by atoms with Crippen molar-refractivity contribution in [2.75, 3.05) is 11.9 Å². The van der Waals surface area contributed by atoms with E-state index in [1.807, 2.05) is 0 Å². The van der Waals surface area contributed by atoms with Crippen molar-refractivity contribution in [3.05, 3.63) is 23.4 Å². The molecule has 1 aromatic heterocycles. The number of anilines is 1. The lowest BCUT2D eigenvalue weighted by Crippen LogP contribution is -2.45. The largest absolute Gasteiger partial charge is 0.480 e. The number of nitrogens with zero attached hydrogens (tertiary/aromatic N) is 1. The fourth-order valence-corrected chi connectivity index (χ4v) is 5.14. The lowest BCUT2D eigenvalue weighted by molar-refractivity contribution is -0.143. The number of aromatic nitrogens is 1. The van der Waals surface area contributed by atoms with Gasteiger partial charge in [0.25, 0.3) is 0 Å². The first-order chi connectivity index (χ1) is 15.1. The SMILES string of the molecule is O=C(O)C(CCCCCCCc1ccc2c(n1)NCCC2)NC(=O)C1CC2CCC1O2. The summed E-state index contributed by atoms with van der Waals surface area (Å²) in [5.41, 5.74) is 2.47. The van der Waals surface area contributed by atoms with Gasteiger partial charge in [-0.25, -0.2) is 9.78 Å². The van der Waals surface area contributed by atoms with Crippen molar-refractivity contribution in [2.24, 2.45) is 5.92 Å². The predicted octanol–water partition coefficient (Wildman–Crippen LogP) is 3.46. The highest BCUT2D eigenvalue weighted by Crippen LogP contribution is 2.38. The molecule has 1 amide bonds. The second kappa shape index (κ2) is 10.4. The van der Waals surface area contributed by atoms with Gasteiger partial charge in [0.15, 0.2) is 0 Å². The zero-order valence-corrected chi connectivity index (χ0v) is 18.3. The zero-order valence-electron chi connectivity index (χ0n) is 18.3. The van der Waals surface area contributed by atoms with Crippen molar-refractivity contribution >= 4 is 17.7 Å². The van der Waals surface area contributed by atoms with Crippen molar-refractivity contribution in [3.8, 4) is 0 Å². The van der Waals surface area contributed by atoms with Crippen LogP contribution in [0.5, 0.6) is 0 Å². The molecule has 0 spiro atoms. The fraction of sp³-hybridized carbons (Fsp3) is 0.708. The highest BCUT2D eigenvalue weighted by Gasteiger charge is 2.45. The van der Waals surface area contributed by atoms with Gasteiger partial charge in [-0.3, -0.25) is 4.79 Å². The minimum absolute atomic E-state index is 0.0140. The molecule has 4 heterocycles. The average molecular weight is 430 g/mol. The summed E-state index contributed by atoms with van der Waals surface area (Å²) in [6, 6.07) is 3.55. The summed E-state index contributed by atoms with van der Waals surface area (Å²) in [6.45, 7) is 1.01. The number of nitrogens with one attached hydrogen (secondary N) is 2. The highest BCUT2D eigenvalue weighted by atomic mass is 16.5. The summed E-state index contributed by atoms with van der Waals surface area (Å²) in [4.78, 5) is 28.8. The molecule has 170 valence electrons. The zero-order chi connectivity index (χ0) is 21.6. The maximum absolute atomic E-state index is 12.5. The van der Waals surface area contributed by atoms with Gasteiger partial charge in [-0.2, -0.15) is 0 Å². The van der Waals surface area contributed by atoms with Crippen LogP contribution in [0.2, 0.25) is 0 Å². The monoisotopic (exact) mass is 429 g/mol. The van der Waals surface area contributed by atoms with Crippen LogP contribution in [0, 0.1) is 5.92 Å². The first-order valence-electron chi connectivity index (χ1n) is 12.0. The van der Waals surface area contributed by atoms with Crippen LogP contribution in [0.15, 0.2) is 12.1 Å². The van der Waals surface area contributed by atoms with Gasteiger partial charge in [-0.05, 0) is 63.0 Å². The minimum atomic E-state index is -0.940. The first-order valence-corrected chi connectivity index (χ1v) is 12.0. The van der Waals surface area contributed by atoms with E-state index in [-0.39, 0.29) is 24.0 Å². The van der Waals surface area contributed by atoms with E-state index >= 15 is 0 Å². The van der Waals surface area contributed by atoms with Crippen molar-refractivity contribution in [3.63, 3.8) is 0 Å². The smallest absolute Gasteiger partial charge is 0.326 e. The van der Waals surface area contributed by atoms with Crippen LogP contribution >= 0.6 is 0 Å². The molecule has 2 fully saturated rings. The molecule has 0 saturated carbocycles. The van der Waals surface area contributed by atoms with Crippen LogP contribution in [0.25, 0.3) is 0 Å². The number of hydrogen-bond acceptors (Lipinski definition) is 5. The van der Waals surface area contributed by atoms with Crippen molar-refractivity contribution in [2.45, 2.75) is 95.3 Å². The van der Waals surface area contributed by atoms with Crippen LogP contribution in [-0.4, -0.2) is 46.8 Å². The molecular weight excluding hydrogens is 394 g/mol. The predicted molar refractivity (Wildman–Crippen MR) is 118 cm³/mol. The molecule has 3 aliphatic heterocycles. The molecule has 2 saturated heterocycles. The maximum atomic E-state index is 12.5. The van der Waals surface area contributed by atoms with Gasteiger partial charge in [0.1, 0.15) is 11.9 Å². The van der Waals surface area contributed by atoms with Gasteiger partial charge in [0.05, 0.1) is 18.1 Å². The van der Waals surface area contributed by atoms with Gasteiger partial charge < -0.3 is 20.5 Å². The van der Waals surface area contributed by atoms with E-state index < -0.39 is 12.0 Å². The molecule has 0 radical (unpaired) electrons. The lowest BCUT2D eigenvalue weighted by atomic mass is 9.88. The Morgan fingerprint density at radius 3 is 2.81 bits per heavy atom. The van der Waals surface area contributed by atoms with Crippen LogP contribution in [-0.2, 0) is 27.2 Å². The summed E-state index contributed by atoms with van der Waals surface area (Å²) >= 11 is 0. The number of fused-ring (bicyclic) bond motifs is 3. The average Bonchev–Trinajstić information content (AvgIpc) is 3.41. The molecule has 31 heavy (non-hydrogen) atoms. The normalized spacial score (nSPS) is 25.0. The second-order valence-corrected chi connectivity index (χ2v) is 9.26.